The van der Waals surface area contributed by atoms with Crippen LogP contribution in [0.25, 0.3) is 21.5 Å². The van der Waals surface area contributed by atoms with Gasteiger partial charge in [-0.15, -0.1) is 0 Å². The molecule has 0 amide bonds. The predicted molar refractivity (Wildman–Crippen MR) is 89.9 cm³/mol. The van der Waals surface area contributed by atoms with E-state index in [2.05, 4.69) is 10.5 Å². The van der Waals surface area contributed by atoms with Crippen LogP contribution in [-0.2, 0) is 0 Å². The summed E-state index contributed by atoms with van der Waals surface area (Å²) in [5.74, 6) is 0.201. The van der Waals surface area contributed by atoms with Gasteiger partial charge in [0.1, 0.15) is 5.82 Å². The van der Waals surface area contributed by atoms with Crippen molar-refractivity contribution in [2.75, 3.05) is 5.48 Å². The molecule has 4 aromatic rings. The summed E-state index contributed by atoms with van der Waals surface area (Å²) < 4.78 is 13.8. The third-order valence-corrected chi connectivity index (χ3v) is 3.74. The highest BCUT2D eigenvalue weighted by Gasteiger charge is 2.06. The maximum Gasteiger partial charge on any atom is 0.246 e. The molecule has 0 spiro atoms. The van der Waals surface area contributed by atoms with Crippen LogP contribution in [0.3, 0.4) is 0 Å². The van der Waals surface area contributed by atoms with Crippen LogP contribution in [0.4, 0.5) is 10.1 Å². The first kappa shape index (κ1) is 13.5. The van der Waals surface area contributed by atoms with Gasteiger partial charge in [-0.25, -0.2) is 14.9 Å². The van der Waals surface area contributed by atoms with Crippen LogP contribution < -0.4 is 10.3 Å². The molecular weight excluding hydrogens is 291 g/mol. The standard InChI is InChI=1S/C19H13FN2O/c20-17-9-10-18(16-8-4-3-7-15(16)17)22-23-19-11-13-5-1-2-6-14(13)12-21-19/h1-12,22H. The van der Waals surface area contributed by atoms with E-state index < -0.39 is 0 Å². The number of halogens is 1. The van der Waals surface area contributed by atoms with E-state index in [1.165, 1.54) is 6.07 Å². The second kappa shape index (κ2) is 5.57. The Balaban J connectivity index is 1.64. The normalized spacial score (nSPS) is 10.8. The third kappa shape index (κ3) is 2.55. The van der Waals surface area contributed by atoms with Gasteiger partial charge in [-0.1, -0.05) is 48.5 Å². The fraction of sp³-hybridized carbons (Fsp3) is 0. The quantitative estimate of drug-likeness (QED) is 0.545. The zero-order chi connectivity index (χ0) is 15.6. The molecule has 4 heteroatoms. The van der Waals surface area contributed by atoms with Crippen LogP contribution in [-0.4, -0.2) is 4.98 Å². The summed E-state index contributed by atoms with van der Waals surface area (Å²) in [5.41, 5.74) is 3.56. The molecular formula is C19H13FN2O. The first-order valence-corrected chi connectivity index (χ1v) is 7.26. The van der Waals surface area contributed by atoms with Crippen molar-refractivity contribution in [3.05, 3.63) is 78.7 Å². The lowest BCUT2D eigenvalue weighted by atomic mass is 10.1. The zero-order valence-corrected chi connectivity index (χ0v) is 12.2. The average molecular weight is 304 g/mol. The molecule has 3 nitrogen and oxygen atoms in total. The van der Waals surface area contributed by atoms with Gasteiger partial charge in [0, 0.05) is 28.4 Å². The van der Waals surface area contributed by atoms with E-state index in [4.69, 9.17) is 4.84 Å². The molecule has 23 heavy (non-hydrogen) atoms. The molecule has 3 aromatic carbocycles. The van der Waals surface area contributed by atoms with Crippen LogP contribution in [0, 0.1) is 5.82 Å². The third-order valence-electron chi connectivity index (χ3n) is 3.74. The van der Waals surface area contributed by atoms with Crippen molar-refractivity contribution in [2.24, 2.45) is 0 Å². The summed E-state index contributed by atoms with van der Waals surface area (Å²) >= 11 is 0. The number of benzene rings is 3. The van der Waals surface area contributed by atoms with Crippen molar-refractivity contribution < 1.29 is 9.23 Å². The molecule has 112 valence electrons. The monoisotopic (exact) mass is 304 g/mol. The van der Waals surface area contributed by atoms with E-state index >= 15 is 0 Å². The molecule has 1 heterocycles. The number of fused-ring (bicyclic) bond motifs is 2. The maximum absolute atomic E-state index is 13.8. The minimum Gasteiger partial charge on any atom is -0.362 e. The number of pyridine rings is 1. The van der Waals surface area contributed by atoms with Crippen LogP contribution in [0.2, 0.25) is 0 Å². The number of nitrogens with zero attached hydrogens (tertiary/aromatic N) is 1. The Labute approximate surface area is 132 Å². The Morgan fingerprint density at radius 3 is 2.43 bits per heavy atom. The summed E-state index contributed by atoms with van der Waals surface area (Å²) in [6.45, 7) is 0. The van der Waals surface area contributed by atoms with Crippen molar-refractivity contribution in [1.82, 2.24) is 4.98 Å². The number of nitrogens with one attached hydrogen (secondary N) is 1. The zero-order valence-electron chi connectivity index (χ0n) is 12.2. The van der Waals surface area contributed by atoms with Crippen molar-refractivity contribution >= 4 is 27.2 Å². The maximum atomic E-state index is 13.8. The molecule has 0 aliphatic heterocycles. The predicted octanol–water partition coefficient (Wildman–Crippen LogP) is 4.93. The van der Waals surface area contributed by atoms with E-state index in [-0.39, 0.29) is 5.82 Å². The SMILES string of the molecule is Fc1ccc(NOc2cc3ccccc3cn2)c2ccccc12. The lowest BCUT2D eigenvalue weighted by Crippen LogP contribution is -2.06. The number of aromatic nitrogens is 1. The first-order valence-electron chi connectivity index (χ1n) is 7.26. The largest absolute Gasteiger partial charge is 0.362 e. The summed E-state index contributed by atoms with van der Waals surface area (Å²) in [6, 6.07) is 20.1. The van der Waals surface area contributed by atoms with Crippen molar-refractivity contribution in [3.63, 3.8) is 0 Å². The Morgan fingerprint density at radius 1 is 0.826 bits per heavy atom. The van der Waals surface area contributed by atoms with Gasteiger partial charge in [0.2, 0.25) is 5.88 Å². The van der Waals surface area contributed by atoms with Gasteiger partial charge in [0.05, 0.1) is 5.69 Å². The molecule has 0 aliphatic rings. The van der Waals surface area contributed by atoms with E-state index in [9.17, 15) is 4.39 Å². The number of hydrogen-bond acceptors (Lipinski definition) is 3. The van der Waals surface area contributed by atoms with E-state index in [1.54, 1.807) is 24.4 Å². The molecule has 0 bridgehead atoms. The summed E-state index contributed by atoms with van der Waals surface area (Å²) in [7, 11) is 0. The highest BCUT2D eigenvalue weighted by Crippen LogP contribution is 2.26. The fourth-order valence-electron chi connectivity index (χ4n) is 2.58. The van der Waals surface area contributed by atoms with Crippen molar-refractivity contribution in [2.45, 2.75) is 0 Å². The molecule has 1 aromatic heterocycles. The minimum atomic E-state index is -0.255. The van der Waals surface area contributed by atoms with Crippen LogP contribution in [0.5, 0.6) is 5.88 Å². The molecule has 0 radical (unpaired) electrons. The van der Waals surface area contributed by atoms with Crippen LogP contribution >= 0.6 is 0 Å². The second-order valence-corrected chi connectivity index (χ2v) is 5.21. The molecule has 0 aliphatic carbocycles. The highest BCUT2D eigenvalue weighted by atomic mass is 19.1. The van der Waals surface area contributed by atoms with E-state index in [1.807, 2.05) is 42.5 Å². The summed E-state index contributed by atoms with van der Waals surface area (Å²) in [6.07, 6.45) is 1.76. The Bertz CT molecular complexity index is 1000. The van der Waals surface area contributed by atoms with Gasteiger partial charge in [-0.05, 0) is 17.5 Å². The summed E-state index contributed by atoms with van der Waals surface area (Å²) in [5, 5.41) is 3.40. The highest BCUT2D eigenvalue weighted by molar-refractivity contribution is 5.94. The smallest absolute Gasteiger partial charge is 0.246 e. The Morgan fingerprint density at radius 2 is 1.57 bits per heavy atom. The van der Waals surface area contributed by atoms with Gasteiger partial charge >= 0.3 is 0 Å². The molecule has 0 atom stereocenters. The lowest BCUT2D eigenvalue weighted by molar-refractivity contribution is 0.390. The topological polar surface area (TPSA) is 34.1 Å². The molecule has 1 N–H and O–H groups in total. The number of hydrogen-bond donors (Lipinski definition) is 1. The van der Waals surface area contributed by atoms with E-state index in [0.717, 1.165) is 16.2 Å². The molecule has 0 fully saturated rings. The first-order chi connectivity index (χ1) is 11.3. The Kier molecular flexibility index (Phi) is 3.27. The second-order valence-electron chi connectivity index (χ2n) is 5.21. The fourth-order valence-corrected chi connectivity index (χ4v) is 2.58. The van der Waals surface area contributed by atoms with Gasteiger partial charge < -0.3 is 4.84 Å². The number of rotatable bonds is 3. The lowest BCUT2D eigenvalue weighted by Gasteiger charge is -2.11. The molecule has 0 unspecified atom stereocenters. The van der Waals surface area contributed by atoms with Gasteiger partial charge in [-0.3, -0.25) is 0 Å². The van der Waals surface area contributed by atoms with Crippen molar-refractivity contribution in [3.8, 4) is 5.88 Å². The van der Waals surface area contributed by atoms with Crippen molar-refractivity contribution in [1.29, 1.82) is 0 Å². The molecule has 0 saturated heterocycles. The van der Waals surface area contributed by atoms with Gasteiger partial charge in [-0.2, -0.15) is 0 Å². The molecule has 4 rings (SSSR count). The average Bonchev–Trinajstić information content (AvgIpc) is 2.61. The minimum absolute atomic E-state index is 0.255. The van der Waals surface area contributed by atoms with Crippen LogP contribution in [0.15, 0.2) is 72.9 Å². The van der Waals surface area contributed by atoms with Crippen LogP contribution in [0.1, 0.15) is 0 Å². The van der Waals surface area contributed by atoms with E-state index in [0.29, 0.717) is 17.0 Å². The molecule has 0 saturated carbocycles. The Hall–Kier alpha value is -3.14. The van der Waals surface area contributed by atoms with Gasteiger partial charge in [0.15, 0.2) is 0 Å². The number of anilines is 1. The van der Waals surface area contributed by atoms with Gasteiger partial charge in [0.25, 0.3) is 0 Å². The summed E-state index contributed by atoms with van der Waals surface area (Å²) in [4.78, 5) is 9.83.